The number of aryl methyl sites for hydroxylation is 1. The molecular weight excluding hydrogens is 851 g/mol. The summed E-state index contributed by atoms with van der Waals surface area (Å²) >= 11 is 1.83. The van der Waals surface area contributed by atoms with Gasteiger partial charge in [0.25, 0.3) is 0 Å². The minimum absolute atomic E-state index is 0. The van der Waals surface area contributed by atoms with E-state index < -0.39 is 0 Å². The van der Waals surface area contributed by atoms with Gasteiger partial charge in [-0.1, -0.05) is 118 Å². The molecule has 0 amide bonds. The number of rotatable bonds is 8. The van der Waals surface area contributed by atoms with E-state index in [1.54, 1.807) is 6.33 Å². The van der Waals surface area contributed by atoms with Crippen molar-refractivity contribution in [2.24, 2.45) is 11.8 Å². The van der Waals surface area contributed by atoms with Gasteiger partial charge < -0.3 is 5.11 Å². The van der Waals surface area contributed by atoms with Gasteiger partial charge in [-0.15, -0.1) is 29.5 Å². The first-order valence-corrected chi connectivity index (χ1v) is 19.9. The van der Waals surface area contributed by atoms with E-state index in [9.17, 15) is 9.90 Å². The first kappa shape index (κ1) is 42.5. The molecule has 53 heavy (non-hydrogen) atoms. The Morgan fingerprint density at radius 1 is 0.887 bits per heavy atom. The number of carbonyl (C=O) groups excluding carboxylic acids is 1. The predicted molar refractivity (Wildman–Crippen MR) is 221 cm³/mol. The van der Waals surface area contributed by atoms with E-state index in [1.165, 1.54) is 38.8 Å². The summed E-state index contributed by atoms with van der Waals surface area (Å²) < 4.78 is 1.14. The van der Waals surface area contributed by atoms with Gasteiger partial charge >= 0.3 is 0 Å². The van der Waals surface area contributed by atoms with Crippen LogP contribution in [0.1, 0.15) is 137 Å². The van der Waals surface area contributed by atoms with E-state index in [-0.39, 0.29) is 59.7 Å². The van der Waals surface area contributed by atoms with E-state index in [0.29, 0.717) is 0 Å². The van der Waals surface area contributed by atoms with Gasteiger partial charge in [-0.25, -0.2) is 4.98 Å². The summed E-state index contributed by atoms with van der Waals surface area (Å²) in [5, 5.41) is 10.8. The zero-order valence-corrected chi connectivity index (χ0v) is 37.3. The molecule has 7 heteroatoms. The van der Waals surface area contributed by atoms with Crippen LogP contribution >= 0.6 is 11.3 Å². The predicted octanol–water partition coefficient (Wildman–Crippen LogP) is 12.8. The Kier molecular flexibility index (Phi) is 13.0. The van der Waals surface area contributed by atoms with Gasteiger partial charge in [0.2, 0.25) is 0 Å². The molecule has 0 saturated heterocycles. The number of aromatic nitrogens is 3. The molecule has 0 bridgehead atoms. The van der Waals surface area contributed by atoms with Crippen LogP contribution in [0.15, 0.2) is 54.6 Å². The Hall–Kier alpha value is -3.25. The second kappa shape index (κ2) is 16.2. The number of benzene rings is 2. The Balaban J connectivity index is 0.000000335. The maximum atomic E-state index is 11.7. The number of hydrogen-bond acceptors (Lipinski definition) is 6. The summed E-state index contributed by atoms with van der Waals surface area (Å²) in [4.78, 5) is 27.6. The fraction of sp³-hybridized carbons (Fsp3) is 0.478. The van der Waals surface area contributed by atoms with Gasteiger partial charge in [0.05, 0.1) is 11.3 Å². The molecule has 0 aliphatic heterocycles. The summed E-state index contributed by atoms with van der Waals surface area (Å²) in [6, 6.07) is 17.1. The minimum atomic E-state index is -0.115. The average Bonchev–Trinajstić information content (AvgIpc) is 3.58. The van der Waals surface area contributed by atoms with Crippen molar-refractivity contribution in [3.63, 3.8) is 0 Å². The van der Waals surface area contributed by atoms with Crippen molar-refractivity contribution in [1.82, 2.24) is 15.0 Å². The van der Waals surface area contributed by atoms with E-state index in [1.807, 2.05) is 46.0 Å². The van der Waals surface area contributed by atoms with Crippen LogP contribution in [0.25, 0.3) is 42.8 Å². The third-order valence-electron chi connectivity index (χ3n) is 10.9. The summed E-state index contributed by atoms with van der Waals surface area (Å²) in [7, 11) is 0. The smallest absolute Gasteiger partial charge is 0.162 e. The van der Waals surface area contributed by atoms with Crippen LogP contribution in [0.5, 0.6) is 0 Å². The van der Waals surface area contributed by atoms with Crippen molar-refractivity contribution in [1.29, 1.82) is 0 Å². The standard InChI is InChI=1S/C33H34N3S.C13H24O2.Ir/c1-18-10-11-19-14-20(15-24(26(19)36-18)32(5,6)7)27-30-28(35-17-34-27)25-29(37-30)22-16-21(31(2,3)4)12-13-23(22)33(25,8)9;1-5-10(6-2)12(14)9-13(15)11(7-3)8-4;/h10-13,15-17H,1-9H3;9-11,14H,5-8H2,1-4H3;/q-1;;/b;12-9-;. The second-order valence-corrected chi connectivity index (χ2v) is 18.1. The number of aliphatic hydroxyl groups is 1. The van der Waals surface area contributed by atoms with E-state index in [2.05, 4.69) is 97.9 Å². The summed E-state index contributed by atoms with van der Waals surface area (Å²) in [6.07, 6.45) is 6.63. The van der Waals surface area contributed by atoms with E-state index >= 15 is 0 Å². The van der Waals surface area contributed by atoms with Gasteiger partial charge in [0.1, 0.15) is 6.33 Å². The zero-order valence-electron chi connectivity index (χ0n) is 34.0. The zero-order chi connectivity index (χ0) is 38.3. The Morgan fingerprint density at radius 3 is 2.11 bits per heavy atom. The third-order valence-corrected chi connectivity index (χ3v) is 12.1. The van der Waals surface area contributed by atoms with Gasteiger partial charge in [-0.2, -0.15) is 0 Å². The molecule has 1 radical (unpaired) electrons. The number of aliphatic hydroxyl groups excluding tert-OH is 1. The topological polar surface area (TPSA) is 76.0 Å². The van der Waals surface area contributed by atoms with Crippen LogP contribution < -0.4 is 0 Å². The maximum Gasteiger partial charge on any atom is 0.162 e. The minimum Gasteiger partial charge on any atom is -0.512 e. The van der Waals surface area contributed by atoms with Crippen molar-refractivity contribution in [2.45, 2.75) is 132 Å². The van der Waals surface area contributed by atoms with Crippen LogP contribution in [0.3, 0.4) is 0 Å². The number of hydrogen-bond donors (Lipinski definition) is 1. The molecule has 0 fully saturated rings. The van der Waals surface area contributed by atoms with Crippen LogP contribution in [0.2, 0.25) is 0 Å². The second-order valence-electron chi connectivity index (χ2n) is 17.0. The number of pyridine rings is 1. The molecule has 3 heterocycles. The van der Waals surface area contributed by atoms with E-state index in [0.717, 1.165) is 63.8 Å². The monoisotopic (exact) mass is 909 g/mol. The summed E-state index contributed by atoms with van der Waals surface area (Å²) in [6.45, 7) is 28.4. The molecule has 285 valence electrons. The molecule has 1 N–H and O–H groups in total. The van der Waals surface area contributed by atoms with Gasteiger partial charge in [-0.3, -0.25) is 14.8 Å². The van der Waals surface area contributed by atoms with Crippen molar-refractivity contribution in [2.75, 3.05) is 0 Å². The van der Waals surface area contributed by atoms with Crippen LogP contribution in [0, 0.1) is 24.8 Å². The molecule has 3 aromatic heterocycles. The first-order chi connectivity index (χ1) is 24.4. The summed E-state index contributed by atoms with van der Waals surface area (Å²) in [5.74, 6) is 0.547. The normalized spacial score (nSPS) is 13.9. The maximum absolute atomic E-state index is 11.7. The number of fused-ring (bicyclic) bond motifs is 6. The molecule has 6 rings (SSSR count). The number of nitrogens with zero attached hydrogens (tertiary/aromatic N) is 3. The summed E-state index contributed by atoms with van der Waals surface area (Å²) in [5.41, 5.74) is 11.6. The number of carbonyl (C=O) groups is 1. The SMILES string of the molecule is CCC(CC)C(=O)/C=C(\O)C(CC)CC.Cc1ccc2[c-]c(-c3ncnc4c5c(sc34)-c3cc(C(C)(C)C)ccc3C5(C)C)cc(C(C)(C)C)c2n1.[Ir]. The molecule has 0 atom stereocenters. The number of ketones is 1. The molecule has 5 aromatic rings. The Bertz CT molecular complexity index is 2140. The van der Waals surface area contributed by atoms with Crippen molar-refractivity contribution < 1.29 is 30.0 Å². The fourth-order valence-corrected chi connectivity index (χ4v) is 8.93. The third kappa shape index (κ3) is 8.38. The van der Waals surface area contributed by atoms with Crippen molar-refractivity contribution in [3.05, 3.63) is 88.6 Å². The van der Waals surface area contributed by atoms with Gasteiger partial charge in [0.15, 0.2) is 5.78 Å². The number of allylic oxidation sites excluding steroid dienone is 2. The first-order valence-electron chi connectivity index (χ1n) is 19.1. The molecule has 0 unspecified atom stereocenters. The van der Waals surface area contributed by atoms with Crippen LogP contribution in [-0.4, -0.2) is 25.8 Å². The van der Waals surface area contributed by atoms with Crippen molar-refractivity contribution >= 4 is 38.2 Å². The van der Waals surface area contributed by atoms with Crippen LogP contribution in [-0.2, 0) is 41.1 Å². The quantitative estimate of drug-likeness (QED) is 0.0953. The fourth-order valence-electron chi connectivity index (χ4n) is 7.48. The van der Waals surface area contributed by atoms with Gasteiger partial charge in [0, 0.05) is 75.5 Å². The molecule has 2 aromatic carbocycles. The van der Waals surface area contributed by atoms with Gasteiger partial charge in [-0.05, 0) is 66.2 Å². The average molecular weight is 909 g/mol. The molecule has 0 spiro atoms. The Morgan fingerprint density at radius 2 is 1.53 bits per heavy atom. The molecular formula is C46H58IrN3O2S-. The molecule has 1 aliphatic carbocycles. The molecule has 0 saturated carbocycles. The molecule has 5 nitrogen and oxygen atoms in total. The Labute approximate surface area is 335 Å². The molecule has 1 aliphatic rings. The van der Waals surface area contributed by atoms with Crippen molar-refractivity contribution in [3.8, 4) is 21.7 Å². The number of thiophene rings is 1. The van der Waals surface area contributed by atoms with Crippen LogP contribution in [0.4, 0.5) is 0 Å². The largest absolute Gasteiger partial charge is 0.512 e. The van der Waals surface area contributed by atoms with E-state index in [4.69, 9.17) is 15.0 Å².